The molecule has 0 aliphatic rings. The number of methoxy groups -OCH3 is 1. The molecule has 0 fully saturated rings. The zero-order valence-corrected chi connectivity index (χ0v) is 18.6. The lowest BCUT2D eigenvalue weighted by atomic mass is 10.2. The van der Waals surface area contributed by atoms with Crippen molar-refractivity contribution in [1.82, 2.24) is 14.5 Å². The molecule has 2 heterocycles. The summed E-state index contributed by atoms with van der Waals surface area (Å²) in [4.78, 5) is 23.8. The van der Waals surface area contributed by atoms with Gasteiger partial charge in [0.2, 0.25) is 0 Å². The number of nitrogens with zero attached hydrogens (tertiary/aromatic N) is 5. The maximum absolute atomic E-state index is 12.8. The predicted octanol–water partition coefficient (Wildman–Crippen LogP) is 4.25. The van der Waals surface area contributed by atoms with E-state index in [4.69, 9.17) is 16.3 Å². The Bertz CT molecular complexity index is 1280. The lowest BCUT2D eigenvalue weighted by molar-refractivity contribution is -0.137. The van der Waals surface area contributed by atoms with E-state index in [1.807, 2.05) is 6.07 Å². The van der Waals surface area contributed by atoms with Gasteiger partial charge in [0, 0.05) is 37.6 Å². The Morgan fingerprint density at radius 3 is 2.65 bits per heavy atom. The van der Waals surface area contributed by atoms with Crippen molar-refractivity contribution < 1.29 is 17.9 Å². The molecule has 3 aromatic rings. The summed E-state index contributed by atoms with van der Waals surface area (Å²) in [7, 11) is 1.56. The third kappa shape index (κ3) is 6.11. The number of nitriles is 1. The number of benzene rings is 1. The smallest absolute Gasteiger partial charge is 0.417 e. The van der Waals surface area contributed by atoms with E-state index in [0.29, 0.717) is 23.3 Å². The maximum atomic E-state index is 12.8. The Kier molecular flexibility index (Phi) is 7.86. The van der Waals surface area contributed by atoms with Crippen LogP contribution in [0.5, 0.6) is 5.75 Å². The van der Waals surface area contributed by atoms with Crippen molar-refractivity contribution in [2.24, 2.45) is 4.99 Å². The van der Waals surface area contributed by atoms with Crippen LogP contribution in [0.15, 0.2) is 52.6 Å². The molecule has 0 aliphatic carbocycles. The van der Waals surface area contributed by atoms with Crippen LogP contribution >= 0.6 is 11.6 Å². The van der Waals surface area contributed by atoms with E-state index in [1.165, 1.54) is 6.33 Å². The number of ether oxygens (including phenoxy) is 1. The zero-order valence-electron chi connectivity index (χ0n) is 17.8. The van der Waals surface area contributed by atoms with Gasteiger partial charge >= 0.3 is 6.18 Å². The molecule has 1 N–H and O–H groups in total. The highest BCUT2D eigenvalue weighted by molar-refractivity contribution is 6.32. The minimum Gasteiger partial charge on any atom is -0.497 e. The van der Waals surface area contributed by atoms with Gasteiger partial charge in [0.05, 0.1) is 29.7 Å². The Morgan fingerprint density at radius 1 is 1.29 bits per heavy atom. The Morgan fingerprint density at radius 2 is 2.03 bits per heavy atom. The van der Waals surface area contributed by atoms with Crippen LogP contribution < -0.4 is 15.6 Å². The summed E-state index contributed by atoms with van der Waals surface area (Å²) < 4.78 is 45.0. The minimum absolute atomic E-state index is 0.0757. The van der Waals surface area contributed by atoms with Crippen molar-refractivity contribution in [1.29, 1.82) is 5.26 Å². The number of rotatable bonds is 8. The Hall–Kier alpha value is -3.91. The average Bonchev–Trinajstić information content (AvgIpc) is 2.81. The second kappa shape index (κ2) is 10.8. The van der Waals surface area contributed by atoms with E-state index >= 15 is 0 Å². The van der Waals surface area contributed by atoms with Crippen molar-refractivity contribution >= 4 is 29.3 Å². The van der Waals surface area contributed by atoms with Crippen molar-refractivity contribution in [3.05, 3.63) is 75.1 Å². The van der Waals surface area contributed by atoms with Crippen LogP contribution in [0.2, 0.25) is 5.02 Å². The van der Waals surface area contributed by atoms with E-state index in [2.05, 4.69) is 20.3 Å². The summed E-state index contributed by atoms with van der Waals surface area (Å²) in [5.41, 5.74) is -0.675. The molecule has 176 valence electrons. The zero-order chi connectivity index (χ0) is 24.7. The van der Waals surface area contributed by atoms with Gasteiger partial charge in [-0.25, -0.2) is 4.98 Å². The van der Waals surface area contributed by atoms with Crippen LogP contribution in [0.4, 0.5) is 24.7 Å². The molecule has 0 radical (unpaired) electrons. The lowest BCUT2D eigenvalue weighted by Gasteiger charge is -2.14. The van der Waals surface area contributed by atoms with Crippen molar-refractivity contribution in [2.45, 2.75) is 19.1 Å². The lowest BCUT2D eigenvalue weighted by Crippen LogP contribution is -2.23. The Balaban J connectivity index is 1.74. The van der Waals surface area contributed by atoms with Gasteiger partial charge in [-0.2, -0.15) is 23.4 Å². The quantitative estimate of drug-likeness (QED) is 0.473. The molecule has 0 spiro atoms. The third-order valence-corrected chi connectivity index (χ3v) is 4.97. The number of nitrogens with one attached hydrogen (secondary N) is 1. The molecular formula is C22H18ClF3N6O2. The molecule has 0 bridgehead atoms. The molecule has 0 aliphatic heterocycles. The van der Waals surface area contributed by atoms with E-state index < -0.39 is 17.3 Å². The first kappa shape index (κ1) is 24.7. The van der Waals surface area contributed by atoms with Crippen molar-refractivity contribution in [3.8, 4) is 11.8 Å². The van der Waals surface area contributed by atoms with Crippen LogP contribution in [0.25, 0.3) is 0 Å². The summed E-state index contributed by atoms with van der Waals surface area (Å²) in [6.45, 7) is 0.419. The molecule has 0 unspecified atom stereocenters. The van der Waals surface area contributed by atoms with Gasteiger partial charge in [-0.3, -0.25) is 9.79 Å². The summed E-state index contributed by atoms with van der Waals surface area (Å²) in [5, 5.41) is 12.1. The van der Waals surface area contributed by atoms with Crippen molar-refractivity contribution in [2.75, 3.05) is 19.0 Å². The summed E-state index contributed by atoms with van der Waals surface area (Å²) >= 11 is 5.91. The molecule has 0 saturated heterocycles. The number of anilines is 1. The number of alkyl halides is 3. The SMILES string of the molecule is COc1ccc(N=CCc2c(C#N)c(=O)ncn2CCNc2ncc(C(F)(F)F)cc2Cl)cc1. The topological polar surface area (TPSA) is 105 Å². The number of hydrogen-bond acceptors (Lipinski definition) is 7. The predicted molar refractivity (Wildman–Crippen MR) is 121 cm³/mol. The fourth-order valence-corrected chi connectivity index (χ4v) is 3.20. The molecule has 12 heteroatoms. The van der Waals surface area contributed by atoms with Gasteiger partial charge in [0.25, 0.3) is 5.56 Å². The largest absolute Gasteiger partial charge is 0.497 e. The first-order valence-corrected chi connectivity index (χ1v) is 10.2. The number of pyridine rings is 1. The molecule has 1 aromatic carbocycles. The first-order chi connectivity index (χ1) is 16.2. The van der Waals surface area contributed by atoms with E-state index in [0.717, 1.165) is 6.07 Å². The number of hydrogen-bond donors (Lipinski definition) is 1. The van der Waals surface area contributed by atoms with Crippen LogP contribution in [0.3, 0.4) is 0 Å². The normalized spacial score (nSPS) is 11.4. The highest BCUT2D eigenvalue weighted by Crippen LogP contribution is 2.32. The second-order valence-electron chi connectivity index (χ2n) is 6.87. The molecule has 0 saturated carbocycles. The highest BCUT2D eigenvalue weighted by atomic mass is 35.5. The van der Waals surface area contributed by atoms with Gasteiger partial charge in [-0.1, -0.05) is 11.6 Å². The summed E-state index contributed by atoms with van der Waals surface area (Å²) in [6, 6.07) is 9.67. The first-order valence-electron chi connectivity index (χ1n) is 9.84. The van der Waals surface area contributed by atoms with Crippen molar-refractivity contribution in [3.63, 3.8) is 0 Å². The monoisotopic (exact) mass is 490 g/mol. The van der Waals surface area contributed by atoms with Crippen LogP contribution in [-0.2, 0) is 19.1 Å². The van der Waals surface area contributed by atoms with Gasteiger partial charge < -0.3 is 14.6 Å². The van der Waals surface area contributed by atoms with E-state index in [9.17, 15) is 23.2 Å². The van der Waals surface area contributed by atoms with Gasteiger partial charge in [0.15, 0.2) is 0 Å². The number of aliphatic imine (C=N–C) groups is 1. The molecular weight excluding hydrogens is 473 g/mol. The minimum atomic E-state index is -4.55. The number of halogens is 4. The fraction of sp³-hybridized carbons (Fsp3) is 0.227. The molecule has 0 atom stereocenters. The molecule has 0 amide bonds. The van der Waals surface area contributed by atoms with E-state index in [-0.39, 0.29) is 35.9 Å². The van der Waals surface area contributed by atoms with Gasteiger partial charge in [-0.15, -0.1) is 0 Å². The van der Waals surface area contributed by atoms with Gasteiger partial charge in [-0.05, 0) is 30.3 Å². The highest BCUT2D eigenvalue weighted by Gasteiger charge is 2.31. The van der Waals surface area contributed by atoms with Crippen LogP contribution in [-0.4, -0.2) is 34.4 Å². The molecule has 2 aromatic heterocycles. The van der Waals surface area contributed by atoms with E-state index in [1.54, 1.807) is 42.2 Å². The Labute approximate surface area is 197 Å². The number of aromatic nitrogens is 3. The summed E-state index contributed by atoms with van der Waals surface area (Å²) in [5.74, 6) is 0.760. The molecule has 8 nitrogen and oxygen atoms in total. The van der Waals surface area contributed by atoms with Gasteiger partial charge in [0.1, 0.15) is 23.2 Å². The standard InChI is InChI=1S/C22H18ClF3N6O2/c1-34-16-4-2-15(3-5-16)28-7-6-19-17(11-27)21(33)31-13-32(19)9-8-29-20-18(23)10-14(12-30-20)22(24,25)26/h2-5,7,10,12-13H,6,8-9H2,1H3,(H,29,30). The second-order valence-corrected chi connectivity index (χ2v) is 7.28. The van der Waals surface area contributed by atoms with Crippen LogP contribution in [0.1, 0.15) is 16.8 Å². The molecule has 34 heavy (non-hydrogen) atoms. The third-order valence-electron chi connectivity index (χ3n) is 4.69. The average molecular weight is 491 g/mol. The maximum Gasteiger partial charge on any atom is 0.417 e. The van der Waals surface area contributed by atoms with Crippen LogP contribution in [0, 0.1) is 11.3 Å². The summed E-state index contributed by atoms with van der Waals surface area (Å²) in [6.07, 6.45) is -0.832. The fourth-order valence-electron chi connectivity index (χ4n) is 2.97. The molecule has 3 rings (SSSR count).